The lowest BCUT2D eigenvalue weighted by molar-refractivity contribution is 0.0642. The Hall–Kier alpha value is -0.0800. The molecule has 1 saturated heterocycles. The van der Waals surface area contributed by atoms with E-state index in [0.29, 0.717) is 11.5 Å². The molecule has 1 aliphatic heterocycles. The summed E-state index contributed by atoms with van der Waals surface area (Å²) in [6.07, 6.45) is 3.87. The molecule has 1 heterocycles. The van der Waals surface area contributed by atoms with Gasteiger partial charge in [0.05, 0.1) is 0 Å². The van der Waals surface area contributed by atoms with Crippen molar-refractivity contribution in [2.24, 2.45) is 11.3 Å². The predicted molar refractivity (Wildman–Crippen MR) is 48.0 cm³/mol. The molecule has 0 amide bonds. The van der Waals surface area contributed by atoms with Crippen molar-refractivity contribution in [3.05, 3.63) is 0 Å². The molecular weight excluding hydrogens is 136 g/mol. The number of rotatable bonds is 0. The molecule has 0 aromatic heterocycles. The molecule has 0 aliphatic carbocycles. The van der Waals surface area contributed by atoms with Crippen LogP contribution in [0.25, 0.3) is 0 Å². The first-order valence-electron chi connectivity index (χ1n) is 4.53. The van der Waals surface area contributed by atoms with Crippen molar-refractivity contribution in [2.75, 3.05) is 6.54 Å². The summed E-state index contributed by atoms with van der Waals surface area (Å²) in [5.74, 6) is 5.90. The molecule has 0 radical (unpaired) electrons. The second-order valence-corrected chi connectivity index (χ2v) is 4.62. The Bertz CT molecular complexity index is 126. The van der Waals surface area contributed by atoms with E-state index in [1.54, 1.807) is 0 Å². The lowest BCUT2D eigenvalue weighted by Gasteiger charge is -2.40. The van der Waals surface area contributed by atoms with Crippen molar-refractivity contribution in [3.63, 3.8) is 0 Å². The van der Waals surface area contributed by atoms with Crippen LogP contribution in [0.3, 0.4) is 0 Å². The summed E-state index contributed by atoms with van der Waals surface area (Å²) in [7, 11) is 0. The topological polar surface area (TPSA) is 29.3 Å². The molecule has 1 rings (SSSR count). The zero-order chi connectivity index (χ0) is 8.48. The maximum atomic E-state index is 5.90. The van der Waals surface area contributed by atoms with Crippen molar-refractivity contribution in [3.8, 4) is 0 Å². The predicted octanol–water partition coefficient (Wildman–Crippen LogP) is 1.76. The number of piperidine rings is 1. The fourth-order valence-electron chi connectivity index (χ4n) is 1.88. The van der Waals surface area contributed by atoms with Crippen molar-refractivity contribution < 1.29 is 0 Å². The Balaban J connectivity index is 2.55. The second-order valence-electron chi connectivity index (χ2n) is 4.62. The quantitative estimate of drug-likeness (QED) is 0.541. The Morgan fingerprint density at radius 1 is 1.27 bits per heavy atom. The average Bonchev–Trinajstić information content (AvgIpc) is 1.86. The summed E-state index contributed by atoms with van der Waals surface area (Å²) in [5.41, 5.74) is 0.342. The van der Waals surface area contributed by atoms with Gasteiger partial charge in [0.25, 0.3) is 0 Å². The van der Waals surface area contributed by atoms with Crippen LogP contribution in [0.4, 0.5) is 0 Å². The Kier molecular flexibility index (Phi) is 2.55. The third-order valence-corrected chi connectivity index (χ3v) is 2.54. The Morgan fingerprint density at radius 2 is 1.91 bits per heavy atom. The molecule has 2 heteroatoms. The third-order valence-electron chi connectivity index (χ3n) is 2.54. The number of nitrogens with zero attached hydrogens (tertiary/aromatic N) is 1. The maximum Gasteiger partial charge on any atom is 0.0289 e. The van der Waals surface area contributed by atoms with E-state index in [2.05, 4.69) is 20.8 Å². The summed E-state index contributed by atoms with van der Waals surface area (Å²) < 4.78 is 0. The smallest absolute Gasteiger partial charge is 0.0289 e. The normalized spacial score (nSPS) is 28.9. The zero-order valence-corrected chi connectivity index (χ0v) is 7.93. The molecule has 0 bridgehead atoms. The molecule has 1 fully saturated rings. The summed E-state index contributed by atoms with van der Waals surface area (Å²) in [5, 5.41) is 2.02. The number of hydrazine groups is 1. The molecule has 0 aromatic rings. The number of nitrogens with two attached hydrogens (primary N) is 1. The summed E-state index contributed by atoms with van der Waals surface area (Å²) in [6, 6.07) is 0.580. The van der Waals surface area contributed by atoms with Crippen LogP contribution in [0.1, 0.15) is 40.0 Å². The molecule has 2 N–H and O–H groups in total. The second kappa shape index (κ2) is 3.11. The van der Waals surface area contributed by atoms with Gasteiger partial charge in [-0.2, -0.15) is 0 Å². The zero-order valence-electron chi connectivity index (χ0n) is 7.93. The molecule has 2 nitrogen and oxygen atoms in total. The highest BCUT2D eigenvalue weighted by molar-refractivity contribution is 4.83. The molecule has 0 aromatic carbocycles. The minimum absolute atomic E-state index is 0.342. The Morgan fingerprint density at radius 3 is 2.27 bits per heavy atom. The molecule has 66 valence electrons. The van der Waals surface area contributed by atoms with Crippen molar-refractivity contribution in [1.29, 1.82) is 0 Å². The fraction of sp³-hybridized carbons (Fsp3) is 1.00. The lowest BCUT2D eigenvalue weighted by Crippen LogP contribution is -2.50. The van der Waals surface area contributed by atoms with Gasteiger partial charge < -0.3 is 0 Å². The molecule has 11 heavy (non-hydrogen) atoms. The molecule has 0 spiro atoms. The van der Waals surface area contributed by atoms with Gasteiger partial charge in [-0.15, -0.1) is 0 Å². The van der Waals surface area contributed by atoms with Crippen LogP contribution >= 0.6 is 0 Å². The van der Waals surface area contributed by atoms with Gasteiger partial charge in [0, 0.05) is 12.6 Å². The van der Waals surface area contributed by atoms with E-state index in [1.807, 2.05) is 5.01 Å². The SMILES string of the molecule is CC(C)(C)C1CCCCN1N. The van der Waals surface area contributed by atoms with Crippen LogP contribution in [0.2, 0.25) is 0 Å². The molecule has 0 saturated carbocycles. The van der Waals surface area contributed by atoms with Gasteiger partial charge in [0.1, 0.15) is 0 Å². The maximum absolute atomic E-state index is 5.90. The van der Waals surface area contributed by atoms with E-state index in [4.69, 9.17) is 5.84 Å². The van der Waals surface area contributed by atoms with E-state index in [1.165, 1.54) is 19.3 Å². The van der Waals surface area contributed by atoms with Crippen LogP contribution in [-0.4, -0.2) is 17.6 Å². The van der Waals surface area contributed by atoms with Crippen molar-refractivity contribution in [1.82, 2.24) is 5.01 Å². The van der Waals surface area contributed by atoms with E-state index in [9.17, 15) is 0 Å². The molecule has 1 atom stereocenters. The Labute approximate surface area is 69.7 Å². The minimum Gasteiger partial charge on any atom is -0.269 e. The van der Waals surface area contributed by atoms with Gasteiger partial charge in [-0.1, -0.05) is 27.2 Å². The first kappa shape index (κ1) is 9.01. The van der Waals surface area contributed by atoms with Crippen LogP contribution < -0.4 is 5.84 Å². The largest absolute Gasteiger partial charge is 0.269 e. The van der Waals surface area contributed by atoms with Crippen LogP contribution in [0.15, 0.2) is 0 Å². The fourth-order valence-corrected chi connectivity index (χ4v) is 1.88. The van der Waals surface area contributed by atoms with Gasteiger partial charge in [0.15, 0.2) is 0 Å². The van der Waals surface area contributed by atoms with Crippen molar-refractivity contribution >= 4 is 0 Å². The van der Waals surface area contributed by atoms with E-state index < -0.39 is 0 Å². The monoisotopic (exact) mass is 156 g/mol. The number of hydrogen-bond donors (Lipinski definition) is 1. The molecule has 1 unspecified atom stereocenters. The number of hydrogen-bond acceptors (Lipinski definition) is 2. The van der Waals surface area contributed by atoms with E-state index in [0.717, 1.165) is 6.54 Å². The first-order chi connectivity index (χ1) is 5.02. The highest BCUT2D eigenvalue weighted by atomic mass is 15.4. The first-order valence-corrected chi connectivity index (χ1v) is 4.53. The lowest BCUT2D eigenvalue weighted by atomic mass is 9.81. The summed E-state index contributed by atoms with van der Waals surface area (Å²) in [6.45, 7) is 7.87. The van der Waals surface area contributed by atoms with E-state index in [-0.39, 0.29) is 0 Å². The van der Waals surface area contributed by atoms with Gasteiger partial charge in [-0.05, 0) is 18.3 Å². The molecular formula is C9H20N2. The van der Waals surface area contributed by atoms with Crippen LogP contribution in [0, 0.1) is 5.41 Å². The van der Waals surface area contributed by atoms with Gasteiger partial charge in [-0.25, -0.2) is 5.01 Å². The summed E-state index contributed by atoms with van der Waals surface area (Å²) in [4.78, 5) is 0. The highest BCUT2D eigenvalue weighted by Gasteiger charge is 2.30. The average molecular weight is 156 g/mol. The summed E-state index contributed by atoms with van der Waals surface area (Å²) >= 11 is 0. The van der Waals surface area contributed by atoms with Crippen LogP contribution in [-0.2, 0) is 0 Å². The van der Waals surface area contributed by atoms with Gasteiger partial charge >= 0.3 is 0 Å². The van der Waals surface area contributed by atoms with E-state index >= 15 is 0 Å². The minimum atomic E-state index is 0.342. The standard InChI is InChI=1S/C9H20N2/c1-9(2,3)8-6-4-5-7-11(8)10/h8H,4-7,10H2,1-3H3. The van der Waals surface area contributed by atoms with Crippen molar-refractivity contribution in [2.45, 2.75) is 46.1 Å². The van der Waals surface area contributed by atoms with Gasteiger partial charge in [0.2, 0.25) is 0 Å². The third kappa shape index (κ3) is 2.17. The highest BCUT2D eigenvalue weighted by Crippen LogP contribution is 2.29. The van der Waals surface area contributed by atoms with Crippen LogP contribution in [0.5, 0.6) is 0 Å². The molecule has 1 aliphatic rings. The van der Waals surface area contributed by atoms with Gasteiger partial charge in [-0.3, -0.25) is 5.84 Å².